The molecule has 160 valence electrons. The maximum absolute atomic E-state index is 13.7. The summed E-state index contributed by atoms with van der Waals surface area (Å²) in [5.41, 5.74) is 1.88. The van der Waals surface area contributed by atoms with Crippen LogP contribution in [0.2, 0.25) is 10.0 Å². The number of hydrogen-bond acceptors (Lipinski definition) is 3. The van der Waals surface area contributed by atoms with Gasteiger partial charge in [0, 0.05) is 40.7 Å². The highest BCUT2D eigenvalue weighted by Crippen LogP contribution is 2.55. The molecule has 3 N–H and O–H groups in total. The topological polar surface area (TPSA) is 87.3 Å². The standard InChI is InChI=1S/C23H21Cl2N3O3/c1-11(2)21-23(16-6-4-14(25)9-19(16)27-22(23)31)17(10-20(30)28-21)15-8-13(24)5-7-18(15)26-12(3)29/h4-9,17,21H,1,10H2,2-3H3,(H,26,29)(H,27,31)(H,28,30). The van der Waals surface area contributed by atoms with Crippen LogP contribution in [0.15, 0.2) is 48.6 Å². The van der Waals surface area contributed by atoms with E-state index in [0.717, 1.165) is 0 Å². The molecule has 2 aromatic rings. The molecule has 0 bridgehead atoms. The highest BCUT2D eigenvalue weighted by Gasteiger charge is 2.61. The van der Waals surface area contributed by atoms with E-state index in [2.05, 4.69) is 22.5 Å². The molecule has 2 heterocycles. The van der Waals surface area contributed by atoms with Crippen LogP contribution >= 0.6 is 23.2 Å². The summed E-state index contributed by atoms with van der Waals surface area (Å²) in [4.78, 5) is 38.3. The summed E-state index contributed by atoms with van der Waals surface area (Å²) in [5.74, 6) is -1.35. The van der Waals surface area contributed by atoms with E-state index >= 15 is 0 Å². The van der Waals surface area contributed by atoms with Crippen molar-refractivity contribution in [3.8, 4) is 0 Å². The van der Waals surface area contributed by atoms with Gasteiger partial charge >= 0.3 is 0 Å². The zero-order chi connectivity index (χ0) is 22.5. The predicted molar refractivity (Wildman–Crippen MR) is 122 cm³/mol. The number of carbonyl (C=O) groups excluding carboxylic acids is 3. The molecule has 1 saturated heterocycles. The Morgan fingerprint density at radius 3 is 2.48 bits per heavy atom. The van der Waals surface area contributed by atoms with Gasteiger partial charge in [-0.25, -0.2) is 0 Å². The molecule has 2 aliphatic rings. The summed E-state index contributed by atoms with van der Waals surface area (Å²) in [5, 5.41) is 9.62. The number of halogens is 2. The number of anilines is 2. The first-order chi connectivity index (χ1) is 14.6. The van der Waals surface area contributed by atoms with Gasteiger partial charge in [-0.3, -0.25) is 14.4 Å². The van der Waals surface area contributed by atoms with Crippen molar-refractivity contribution in [2.24, 2.45) is 0 Å². The normalized spacial score (nSPS) is 24.4. The number of carbonyl (C=O) groups is 3. The molecule has 2 aromatic carbocycles. The number of amides is 3. The van der Waals surface area contributed by atoms with E-state index in [1.165, 1.54) is 6.92 Å². The molecule has 8 heteroatoms. The van der Waals surface area contributed by atoms with Gasteiger partial charge in [-0.05, 0) is 48.4 Å². The molecule has 3 atom stereocenters. The molecular formula is C23H21Cl2N3O3. The first-order valence-electron chi connectivity index (χ1n) is 9.78. The van der Waals surface area contributed by atoms with Crippen molar-refractivity contribution >= 4 is 52.3 Å². The number of piperidine rings is 1. The number of nitrogens with one attached hydrogen (secondary N) is 3. The Balaban J connectivity index is 2.03. The van der Waals surface area contributed by atoms with E-state index in [9.17, 15) is 14.4 Å². The smallest absolute Gasteiger partial charge is 0.238 e. The summed E-state index contributed by atoms with van der Waals surface area (Å²) in [6, 6.07) is 9.60. The lowest BCUT2D eigenvalue weighted by molar-refractivity contribution is -0.130. The fraction of sp³-hybridized carbons (Fsp3) is 0.261. The molecule has 0 aliphatic carbocycles. The SMILES string of the molecule is C=C(C)C1NC(=O)CC(c2cc(Cl)ccc2NC(C)=O)C12C(=O)Nc1cc(Cl)ccc12. The fourth-order valence-corrected chi connectivity index (χ4v) is 5.19. The summed E-state index contributed by atoms with van der Waals surface area (Å²) in [6.45, 7) is 7.24. The van der Waals surface area contributed by atoms with Crippen LogP contribution in [0, 0.1) is 0 Å². The molecule has 31 heavy (non-hydrogen) atoms. The molecule has 1 spiro atoms. The zero-order valence-corrected chi connectivity index (χ0v) is 18.5. The predicted octanol–water partition coefficient (Wildman–Crippen LogP) is 4.39. The van der Waals surface area contributed by atoms with Gasteiger partial charge in [-0.15, -0.1) is 0 Å². The molecule has 0 saturated carbocycles. The van der Waals surface area contributed by atoms with E-state index in [-0.39, 0.29) is 24.1 Å². The highest BCUT2D eigenvalue weighted by molar-refractivity contribution is 6.31. The number of fused-ring (bicyclic) bond motifs is 2. The largest absolute Gasteiger partial charge is 0.348 e. The third kappa shape index (κ3) is 3.40. The van der Waals surface area contributed by atoms with Gasteiger partial charge in [0.2, 0.25) is 17.7 Å². The number of hydrogen-bond donors (Lipinski definition) is 3. The molecule has 6 nitrogen and oxygen atoms in total. The minimum Gasteiger partial charge on any atom is -0.348 e. The molecule has 3 amide bonds. The van der Waals surface area contributed by atoms with Crippen molar-refractivity contribution in [2.45, 2.75) is 37.6 Å². The lowest BCUT2D eigenvalue weighted by Crippen LogP contribution is -2.62. The third-order valence-electron chi connectivity index (χ3n) is 5.94. The van der Waals surface area contributed by atoms with Crippen molar-refractivity contribution in [3.63, 3.8) is 0 Å². The van der Waals surface area contributed by atoms with Gasteiger partial charge in [-0.1, -0.05) is 41.4 Å². The molecule has 3 unspecified atom stereocenters. The second-order valence-electron chi connectivity index (χ2n) is 8.03. The van der Waals surface area contributed by atoms with Gasteiger partial charge < -0.3 is 16.0 Å². The molecule has 0 radical (unpaired) electrons. The molecule has 2 aliphatic heterocycles. The molecule has 0 aromatic heterocycles. The van der Waals surface area contributed by atoms with Crippen LogP contribution in [-0.2, 0) is 19.8 Å². The van der Waals surface area contributed by atoms with Crippen LogP contribution in [0.25, 0.3) is 0 Å². The summed E-state index contributed by atoms with van der Waals surface area (Å²) in [6.07, 6.45) is 0.0339. The summed E-state index contributed by atoms with van der Waals surface area (Å²) >= 11 is 12.5. The third-order valence-corrected chi connectivity index (χ3v) is 6.41. The Hall–Kier alpha value is -2.83. The number of rotatable bonds is 3. The monoisotopic (exact) mass is 457 g/mol. The molecule has 1 fully saturated rings. The van der Waals surface area contributed by atoms with Gasteiger partial charge in [0.25, 0.3) is 0 Å². The van der Waals surface area contributed by atoms with E-state index < -0.39 is 17.4 Å². The second-order valence-corrected chi connectivity index (χ2v) is 8.90. The van der Waals surface area contributed by atoms with Crippen LogP contribution in [0.1, 0.15) is 37.3 Å². The molecule has 4 rings (SSSR count). The van der Waals surface area contributed by atoms with Crippen molar-refractivity contribution in [2.75, 3.05) is 10.6 Å². The van der Waals surface area contributed by atoms with E-state index in [4.69, 9.17) is 23.2 Å². The maximum Gasteiger partial charge on any atom is 0.238 e. The first kappa shape index (κ1) is 21.4. The van der Waals surface area contributed by atoms with E-state index in [0.29, 0.717) is 38.1 Å². The van der Waals surface area contributed by atoms with Crippen LogP contribution in [0.3, 0.4) is 0 Å². The van der Waals surface area contributed by atoms with Crippen molar-refractivity contribution in [1.29, 1.82) is 0 Å². The van der Waals surface area contributed by atoms with Gasteiger partial charge in [0.15, 0.2) is 0 Å². The average Bonchev–Trinajstić information content (AvgIpc) is 2.96. The minimum atomic E-state index is -1.18. The minimum absolute atomic E-state index is 0.0339. The molecular weight excluding hydrogens is 437 g/mol. The lowest BCUT2D eigenvalue weighted by atomic mass is 9.59. The second kappa shape index (κ2) is 7.70. The zero-order valence-electron chi connectivity index (χ0n) is 17.0. The van der Waals surface area contributed by atoms with Crippen LogP contribution < -0.4 is 16.0 Å². The summed E-state index contributed by atoms with van der Waals surface area (Å²) < 4.78 is 0. The van der Waals surface area contributed by atoms with Crippen molar-refractivity contribution < 1.29 is 14.4 Å². The first-order valence-corrected chi connectivity index (χ1v) is 10.5. The Morgan fingerprint density at radius 2 is 1.81 bits per heavy atom. The van der Waals surface area contributed by atoms with Crippen molar-refractivity contribution in [1.82, 2.24) is 5.32 Å². The van der Waals surface area contributed by atoms with Crippen LogP contribution in [0.4, 0.5) is 11.4 Å². The Morgan fingerprint density at radius 1 is 1.13 bits per heavy atom. The Bertz CT molecular complexity index is 1150. The fourth-order valence-electron chi connectivity index (χ4n) is 4.83. The quantitative estimate of drug-likeness (QED) is 0.597. The van der Waals surface area contributed by atoms with Crippen LogP contribution in [-0.4, -0.2) is 23.8 Å². The highest BCUT2D eigenvalue weighted by atomic mass is 35.5. The Kier molecular flexibility index (Phi) is 5.31. The Labute approximate surface area is 190 Å². The van der Waals surface area contributed by atoms with Gasteiger partial charge in [-0.2, -0.15) is 0 Å². The van der Waals surface area contributed by atoms with E-state index in [1.807, 2.05) is 0 Å². The van der Waals surface area contributed by atoms with Crippen LogP contribution in [0.5, 0.6) is 0 Å². The summed E-state index contributed by atoms with van der Waals surface area (Å²) in [7, 11) is 0. The average molecular weight is 458 g/mol. The lowest BCUT2D eigenvalue weighted by Gasteiger charge is -2.47. The van der Waals surface area contributed by atoms with Gasteiger partial charge in [0.1, 0.15) is 5.41 Å². The van der Waals surface area contributed by atoms with E-state index in [1.54, 1.807) is 43.3 Å². The van der Waals surface area contributed by atoms with Crippen molar-refractivity contribution in [3.05, 3.63) is 69.7 Å². The maximum atomic E-state index is 13.7. The van der Waals surface area contributed by atoms with Gasteiger partial charge in [0.05, 0.1) is 6.04 Å². The number of benzene rings is 2.